The van der Waals surface area contributed by atoms with E-state index in [0.717, 1.165) is 28.7 Å². The van der Waals surface area contributed by atoms with Gasteiger partial charge in [0.1, 0.15) is 5.70 Å². The minimum absolute atomic E-state index is 0.221. The molecule has 5 heteroatoms. The summed E-state index contributed by atoms with van der Waals surface area (Å²) >= 11 is 0. The number of aromatic nitrogens is 1. The lowest BCUT2D eigenvalue weighted by Gasteiger charge is -2.31. The van der Waals surface area contributed by atoms with E-state index in [-0.39, 0.29) is 18.4 Å². The van der Waals surface area contributed by atoms with Crippen LogP contribution in [0.25, 0.3) is 5.57 Å². The molecule has 2 amide bonds. The minimum Gasteiger partial charge on any atom is -0.362 e. The number of rotatable bonds is 4. The van der Waals surface area contributed by atoms with Crippen LogP contribution in [0.3, 0.4) is 0 Å². The van der Waals surface area contributed by atoms with Crippen molar-refractivity contribution in [1.29, 1.82) is 0 Å². The van der Waals surface area contributed by atoms with Gasteiger partial charge in [0.05, 0.1) is 12.1 Å². The predicted octanol–water partition coefficient (Wildman–Crippen LogP) is 4.04. The lowest BCUT2D eigenvalue weighted by molar-refractivity contribution is -0.138. The van der Waals surface area contributed by atoms with Gasteiger partial charge in [-0.2, -0.15) is 0 Å². The van der Waals surface area contributed by atoms with Gasteiger partial charge in [0.2, 0.25) is 0 Å². The number of amides is 2. The molecule has 5 nitrogen and oxygen atoms in total. The first-order valence-corrected chi connectivity index (χ1v) is 10.9. The Bertz CT molecular complexity index is 1250. The first-order valence-electron chi connectivity index (χ1n) is 10.9. The summed E-state index contributed by atoms with van der Waals surface area (Å²) in [6.07, 6.45) is 4.22. The van der Waals surface area contributed by atoms with Crippen LogP contribution in [0, 0.1) is 13.8 Å². The van der Waals surface area contributed by atoms with Gasteiger partial charge in [0, 0.05) is 25.5 Å². The Hall–Kier alpha value is -3.73. The fraction of sp³-hybridized carbons (Fsp3) is 0.222. The largest absolute Gasteiger partial charge is 0.362 e. The molecule has 5 rings (SSSR count). The third-order valence-electron chi connectivity index (χ3n) is 6.33. The quantitative estimate of drug-likeness (QED) is 0.595. The number of imide groups is 1. The molecule has 0 N–H and O–H groups in total. The fourth-order valence-electron chi connectivity index (χ4n) is 4.69. The van der Waals surface area contributed by atoms with Crippen LogP contribution in [0.4, 0.5) is 0 Å². The van der Waals surface area contributed by atoms with Gasteiger partial charge in [-0.25, -0.2) is 0 Å². The van der Waals surface area contributed by atoms with Crippen molar-refractivity contribution in [3.05, 3.63) is 106 Å². The molecule has 3 aromatic rings. The molecule has 3 heterocycles. The average Bonchev–Trinajstić information content (AvgIpc) is 3.04. The summed E-state index contributed by atoms with van der Waals surface area (Å²) in [4.78, 5) is 34.8. The molecular formula is C27H25N3O2. The van der Waals surface area contributed by atoms with Crippen molar-refractivity contribution in [3.8, 4) is 0 Å². The number of hydrogen-bond acceptors (Lipinski definition) is 4. The maximum atomic E-state index is 13.7. The summed E-state index contributed by atoms with van der Waals surface area (Å²) in [5, 5.41) is 0. The van der Waals surface area contributed by atoms with Gasteiger partial charge in [-0.3, -0.25) is 19.5 Å². The van der Waals surface area contributed by atoms with Crippen LogP contribution in [-0.2, 0) is 29.1 Å². The maximum Gasteiger partial charge on any atom is 0.278 e. The van der Waals surface area contributed by atoms with Crippen molar-refractivity contribution < 1.29 is 9.59 Å². The van der Waals surface area contributed by atoms with Crippen LogP contribution in [0.1, 0.15) is 33.4 Å². The van der Waals surface area contributed by atoms with Crippen molar-refractivity contribution in [2.75, 3.05) is 6.54 Å². The summed E-state index contributed by atoms with van der Waals surface area (Å²) in [5.74, 6) is -0.450. The topological polar surface area (TPSA) is 53.5 Å². The number of fused-ring (bicyclic) bond motifs is 1. The maximum absolute atomic E-state index is 13.7. The van der Waals surface area contributed by atoms with Crippen LogP contribution >= 0.6 is 0 Å². The summed E-state index contributed by atoms with van der Waals surface area (Å²) < 4.78 is 0. The minimum atomic E-state index is -0.229. The summed E-state index contributed by atoms with van der Waals surface area (Å²) in [7, 11) is 0. The van der Waals surface area contributed by atoms with Gasteiger partial charge in [0.15, 0.2) is 0 Å². The van der Waals surface area contributed by atoms with Gasteiger partial charge >= 0.3 is 0 Å². The van der Waals surface area contributed by atoms with E-state index in [1.165, 1.54) is 16.0 Å². The zero-order valence-corrected chi connectivity index (χ0v) is 18.3. The third kappa shape index (κ3) is 3.50. The molecule has 0 saturated heterocycles. The summed E-state index contributed by atoms with van der Waals surface area (Å²) in [6, 6.07) is 18.0. The molecule has 0 unspecified atom stereocenters. The molecule has 0 radical (unpaired) electrons. The zero-order valence-electron chi connectivity index (χ0n) is 18.3. The summed E-state index contributed by atoms with van der Waals surface area (Å²) in [6.45, 7) is 5.61. The smallest absolute Gasteiger partial charge is 0.278 e. The summed E-state index contributed by atoms with van der Waals surface area (Å²) in [5.41, 5.74) is 7.40. The molecule has 0 spiro atoms. The first-order chi connectivity index (χ1) is 15.5. The third-order valence-corrected chi connectivity index (χ3v) is 6.33. The predicted molar refractivity (Wildman–Crippen MR) is 123 cm³/mol. The lowest BCUT2D eigenvalue weighted by Crippen LogP contribution is -2.37. The van der Waals surface area contributed by atoms with Gasteiger partial charge in [-0.05, 0) is 60.2 Å². The number of nitrogens with zero attached hydrogens (tertiary/aromatic N) is 3. The van der Waals surface area contributed by atoms with Gasteiger partial charge in [-0.1, -0.05) is 48.0 Å². The number of carbonyl (C=O) groups excluding carboxylic acids is 2. The second kappa shape index (κ2) is 8.08. The lowest BCUT2D eigenvalue weighted by atomic mass is 9.95. The van der Waals surface area contributed by atoms with Crippen LogP contribution in [-0.4, -0.2) is 33.1 Å². The van der Waals surface area contributed by atoms with Crippen molar-refractivity contribution in [2.45, 2.75) is 33.4 Å². The monoisotopic (exact) mass is 423 g/mol. The first kappa shape index (κ1) is 20.2. The number of benzene rings is 2. The molecular weight excluding hydrogens is 398 g/mol. The Labute approximate surface area is 188 Å². The molecule has 2 aliphatic rings. The molecule has 0 bridgehead atoms. The van der Waals surface area contributed by atoms with Crippen molar-refractivity contribution in [2.24, 2.45) is 0 Å². The van der Waals surface area contributed by atoms with E-state index in [4.69, 9.17) is 0 Å². The van der Waals surface area contributed by atoms with Crippen LogP contribution in [0.15, 0.2) is 72.7 Å². The van der Waals surface area contributed by atoms with E-state index >= 15 is 0 Å². The molecule has 0 saturated carbocycles. The van der Waals surface area contributed by atoms with E-state index in [9.17, 15) is 9.59 Å². The number of pyridine rings is 1. The van der Waals surface area contributed by atoms with E-state index < -0.39 is 0 Å². The van der Waals surface area contributed by atoms with Crippen LogP contribution < -0.4 is 0 Å². The number of hydrogen-bond donors (Lipinski definition) is 0. The second-order valence-corrected chi connectivity index (χ2v) is 8.53. The highest BCUT2D eigenvalue weighted by Crippen LogP contribution is 2.36. The Morgan fingerprint density at radius 1 is 0.906 bits per heavy atom. The molecule has 160 valence electrons. The molecule has 32 heavy (non-hydrogen) atoms. The van der Waals surface area contributed by atoms with Crippen molar-refractivity contribution in [1.82, 2.24) is 14.8 Å². The normalized spacial score (nSPS) is 16.1. The molecule has 0 aliphatic carbocycles. The average molecular weight is 424 g/mol. The highest BCUT2D eigenvalue weighted by Gasteiger charge is 2.42. The molecule has 2 aliphatic heterocycles. The van der Waals surface area contributed by atoms with E-state index in [1.807, 2.05) is 44.2 Å². The number of carbonyl (C=O) groups is 2. The standard InChI is InChI=1S/C27H25N3O2/c1-18-7-8-23(19(2)15-18)24-25(29-14-11-21-5-3-4-6-22(21)17-29)27(32)30(26(24)31)16-20-9-12-28-13-10-20/h3-10,12-13,15H,11,14,16-17H2,1-2H3. The van der Waals surface area contributed by atoms with Crippen LogP contribution in [0.2, 0.25) is 0 Å². The molecule has 0 atom stereocenters. The fourth-order valence-corrected chi connectivity index (χ4v) is 4.69. The van der Waals surface area contributed by atoms with Gasteiger partial charge < -0.3 is 4.90 Å². The zero-order chi connectivity index (χ0) is 22.2. The Morgan fingerprint density at radius 3 is 2.41 bits per heavy atom. The molecule has 1 aromatic heterocycles. The SMILES string of the molecule is Cc1ccc(C2=C(N3CCc4ccccc4C3)C(=O)N(Cc3ccncc3)C2=O)c(C)c1. The van der Waals surface area contributed by atoms with Crippen molar-refractivity contribution >= 4 is 17.4 Å². The molecule has 2 aromatic carbocycles. The number of aryl methyl sites for hydroxylation is 2. The Morgan fingerprint density at radius 2 is 1.66 bits per heavy atom. The highest BCUT2D eigenvalue weighted by molar-refractivity contribution is 6.35. The Balaban J connectivity index is 1.59. The second-order valence-electron chi connectivity index (χ2n) is 8.53. The van der Waals surface area contributed by atoms with E-state index in [1.54, 1.807) is 12.4 Å². The van der Waals surface area contributed by atoms with E-state index in [0.29, 0.717) is 24.4 Å². The highest BCUT2D eigenvalue weighted by atomic mass is 16.2. The van der Waals surface area contributed by atoms with Gasteiger partial charge in [-0.15, -0.1) is 0 Å². The molecule has 0 fully saturated rings. The van der Waals surface area contributed by atoms with E-state index in [2.05, 4.69) is 34.1 Å². The van der Waals surface area contributed by atoms with Gasteiger partial charge in [0.25, 0.3) is 11.8 Å². The van der Waals surface area contributed by atoms with Crippen LogP contribution in [0.5, 0.6) is 0 Å². The van der Waals surface area contributed by atoms with Crippen molar-refractivity contribution in [3.63, 3.8) is 0 Å². The Kier molecular flexibility index (Phi) is 5.10.